The third kappa shape index (κ3) is 4.13. The summed E-state index contributed by atoms with van der Waals surface area (Å²) in [5.74, 6) is 0.740. The van der Waals surface area contributed by atoms with Crippen molar-refractivity contribution < 1.29 is 9.59 Å². The van der Waals surface area contributed by atoms with Crippen molar-refractivity contribution in [3.63, 3.8) is 0 Å². The van der Waals surface area contributed by atoms with E-state index in [0.717, 1.165) is 41.1 Å². The molecule has 1 saturated heterocycles. The number of likely N-dealkylation sites (tertiary alicyclic amines) is 1. The second-order valence-electron chi connectivity index (χ2n) is 8.08. The first-order valence-corrected chi connectivity index (χ1v) is 10.8. The lowest BCUT2D eigenvalue weighted by molar-refractivity contribution is -0.132. The van der Waals surface area contributed by atoms with Crippen molar-refractivity contribution >= 4 is 34.5 Å². The molecule has 3 aromatic rings. The van der Waals surface area contributed by atoms with Crippen molar-refractivity contribution in [2.24, 2.45) is 0 Å². The van der Waals surface area contributed by atoms with E-state index in [0.29, 0.717) is 25.9 Å². The van der Waals surface area contributed by atoms with Crippen LogP contribution in [0, 0.1) is 6.42 Å². The van der Waals surface area contributed by atoms with Crippen LogP contribution in [0.1, 0.15) is 31.2 Å². The highest BCUT2D eigenvalue weighted by Gasteiger charge is 2.28. The van der Waals surface area contributed by atoms with Crippen molar-refractivity contribution in [1.29, 1.82) is 0 Å². The van der Waals surface area contributed by atoms with E-state index in [4.69, 9.17) is 0 Å². The molecule has 0 spiro atoms. The van der Waals surface area contributed by atoms with E-state index in [2.05, 4.69) is 21.7 Å². The normalized spacial score (nSPS) is 17.5. The number of imidazole rings is 1. The van der Waals surface area contributed by atoms with E-state index in [1.165, 1.54) is 0 Å². The van der Waals surface area contributed by atoms with Gasteiger partial charge in [0.25, 0.3) is 0 Å². The number of hydrogen-bond donors (Lipinski definition) is 2. The largest absolute Gasteiger partial charge is 0.353 e. The Morgan fingerprint density at radius 3 is 2.74 bits per heavy atom. The standard InChI is InChI=1S/C24H25N5O2/c30-22-11-5-7-17-6-1-4-10-21(17)29(22)16-23(31)28-14-12-18(13-15-28)25-24-26-19-8-2-3-9-20(19)27-24/h1-4,6,8-10,18H,5,11-16H2,(H2,25,26,27). The first-order valence-electron chi connectivity index (χ1n) is 10.8. The van der Waals surface area contributed by atoms with Gasteiger partial charge in [-0.05, 0) is 43.0 Å². The maximum atomic E-state index is 13.0. The van der Waals surface area contributed by atoms with Crippen LogP contribution in [0.5, 0.6) is 0 Å². The molecule has 2 N–H and O–H groups in total. The molecular weight excluding hydrogens is 390 g/mol. The van der Waals surface area contributed by atoms with Crippen LogP contribution in [0.15, 0.2) is 48.5 Å². The summed E-state index contributed by atoms with van der Waals surface area (Å²) < 4.78 is 0. The van der Waals surface area contributed by atoms with E-state index in [9.17, 15) is 9.59 Å². The molecule has 0 unspecified atom stereocenters. The first kappa shape index (κ1) is 19.6. The molecule has 2 aliphatic heterocycles. The number of aromatic amines is 1. The lowest BCUT2D eigenvalue weighted by Gasteiger charge is -2.34. The molecule has 1 aromatic heterocycles. The van der Waals surface area contributed by atoms with Crippen molar-refractivity contribution in [1.82, 2.24) is 14.9 Å². The lowest BCUT2D eigenvalue weighted by Crippen LogP contribution is -2.47. The van der Waals surface area contributed by atoms with E-state index in [1.807, 2.05) is 53.4 Å². The molecule has 5 rings (SSSR count). The molecule has 2 radical (unpaired) electrons. The number of aromatic nitrogens is 2. The Bertz CT molecular complexity index is 1070. The molecule has 7 heteroatoms. The van der Waals surface area contributed by atoms with Gasteiger partial charge in [-0.2, -0.15) is 0 Å². The number of carbonyl (C=O) groups is 2. The predicted molar refractivity (Wildman–Crippen MR) is 120 cm³/mol. The molecule has 0 saturated carbocycles. The van der Waals surface area contributed by atoms with Gasteiger partial charge in [0, 0.05) is 37.7 Å². The molecule has 0 aliphatic carbocycles. The van der Waals surface area contributed by atoms with E-state index < -0.39 is 0 Å². The monoisotopic (exact) mass is 415 g/mol. The Kier molecular flexibility index (Phi) is 5.32. The number of anilines is 2. The lowest BCUT2D eigenvalue weighted by atomic mass is 10.1. The molecule has 1 fully saturated rings. The minimum atomic E-state index is -0.0211. The number of H-pyrrole nitrogens is 1. The Hall–Kier alpha value is -3.35. The molecule has 2 aliphatic rings. The Labute approximate surface area is 181 Å². The van der Waals surface area contributed by atoms with Crippen molar-refractivity contribution in [3.8, 4) is 0 Å². The number of nitrogens with zero attached hydrogens (tertiary/aromatic N) is 3. The second kappa shape index (κ2) is 8.41. The summed E-state index contributed by atoms with van der Waals surface area (Å²) >= 11 is 0. The van der Waals surface area contributed by atoms with Gasteiger partial charge in [-0.3, -0.25) is 9.59 Å². The predicted octanol–water partition coefficient (Wildman–Crippen LogP) is 3.22. The topological polar surface area (TPSA) is 81.3 Å². The molecule has 0 bridgehead atoms. The average molecular weight is 415 g/mol. The van der Waals surface area contributed by atoms with E-state index in [-0.39, 0.29) is 24.4 Å². The van der Waals surface area contributed by atoms with E-state index in [1.54, 1.807) is 4.90 Å². The van der Waals surface area contributed by atoms with Crippen LogP contribution in [0.4, 0.5) is 11.6 Å². The van der Waals surface area contributed by atoms with Gasteiger partial charge >= 0.3 is 0 Å². The second-order valence-corrected chi connectivity index (χ2v) is 8.08. The average Bonchev–Trinajstić information content (AvgIpc) is 3.13. The highest BCUT2D eigenvalue weighted by molar-refractivity contribution is 6.00. The van der Waals surface area contributed by atoms with Crippen LogP contribution in [0.3, 0.4) is 0 Å². The van der Waals surface area contributed by atoms with Gasteiger partial charge < -0.3 is 20.1 Å². The van der Waals surface area contributed by atoms with Crippen LogP contribution in [-0.4, -0.2) is 52.4 Å². The Balaban J connectivity index is 1.20. The number of piperidine rings is 1. The summed E-state index contributed by atoms with van der Waals surface area (Å²) in [4.78, 5) is 37.0. The third-order valence-corrected chi connectivity index (χ3v) is 6.02. The van der Waals surface area contributed by atoms with Gasteiger partial charge in [0.2, 0.25) is 17.8 Å². The van der Waals surface area contributed by atoms with Gasteiger partial charge in [0.05, 0.1) is 11.0 Å². The molecule has 3 heterocycles. The first-order chi connectivity index (χ1) is 15.2. The molecule has 2 amide bonds. The SMILES string of the molecule is O=C(CN1C(=O)CC[C]c2ccccc21)N1CCC(Nc2nc3ccccc3[nH]2)CC1. The zero-order valence-electron chi connectivity index (χ0n) is 17.3. The molecule has 2 aromatic carbocycles. The zero-order valence-corrected chi connectivity index (χ0v) is 17.3. The molecule has 31 heavy (non-hydrogen) atoms. The van der Waals surface area contributed by atoms with Gasteiger partial charge in [0.1, 0.15) is 6.54 Å². The number of hydrogen-bond acceptors (Lipinski definition) is 4. The number of fused-ring (bicyclic) bond motifs is 2. The Morgan fingerprint density at radius 2 is 1.90 bits per heavy atom. The van der Waals surface area contributed by atoms with Crippen LogP contribution in [0.2, 0.25) is 0 Å². The van der Waals surface area contributed by atoms with E-state index >= 15 is 0 Å². The van der Waals surface area contributed by atoms with Crippen molar-refractivity contribution in [2.75, 3.05) is 29.9 Å². The minimum Gasteiger partial charge on any atom is -0.353 e. The number of nitrogens with one attached hydrogen (secondary N) is 2. The fraction of sp³-hybridized carbons (Fsp3) is 0.333. The van der Waals surface area contributed by atoms with Crippen molar-refractivity contribution in [3.05, 3.63) is 60.5 Å². The van der Waals surface area contributed by atoms with Crippen LogP contribution in [-0.2, 0) is 9.59 Å². The van der Waals surface area contributed by atoms with Crippen LogP contribution in [0.25, 0.3) is 11.0 Å². The third-order valence-electron chi connectivity index (χ3n) is 6.02. The number of para-hydroxylation sites is 3. The number of benzene rings is 2. The zero-order chi connectivity index (χ0) is 21.2. The summed E-state index contributed by atoms with van der Waals surface area (Å²) in [6, 6.07) is 15.9. The number of amides is 2. The number of rotatable bonds is 4. The van der Waals surface area contributed by atoms with Gasteiger partial charge in [-0.25, -0.2) is 4.98 Å². The quantitative estimate of drug-likeness (QED) is 0.686. The summed E-state index contributed by atoms with van der Waals surface area (Å²) in [6.45, 7) is 1.41. The molecule has 0 atom stereocenters. The summed E-state index contributed by atoms with van der Waals surface area (Å²) in [7, 11) is 0. The maximum Gasteiger partial charge on any atom is 0.242 e. The van der Waals surface area contributed by atoms with Crippen LogP contribution < -0.4 is 10.2 Å². The highest BCUT2D eigenvalue weighted by Crippen LogP contribution is 2.28. The molecular formula is C24H25N5O2. The van der Waals surface area contributed by atoms with Gasteiger partial charge in [-0.1, -0.05) is 30.3 Å². The maximum absolute atomic E-state index is 13.0. The summed E-state index contributed by atoms with van der Waals surface area (Å²) in [5, 5.41) is 3.46. The summed E-state index contributed by atoms with van der Waals surface area (Å²) in [5.41, 5.74) is 3.62. The highest BCUT2D eigenvalue weighted by atomic mass is 16.2. The summed E-state index contributed by atoms with van der Waals surface area (Å²) in [6.07, 6.45) is 5.92. The van der Waals surface area contributed by atoms with Crippen LogP contribution >= 0.6 is 0 Å². The smallest absolute Gasteiger partial charge is 0.242 e. The number of carbonyl (C=O) groups excluding carboxylic acids is 2. The van der Waals surface area contributed by atoms with Crippen molar-refractivity contribution in [2.45, 2.75) is 31.7 Å². The Morgan fingerprint density at radius 1 is 1.13 bits per heavy atom. The fourth-order valence-electron chi connectivity index (χ4n) is 4.33. The minimum absolute atomic E-state index is 0.00719. The van der Waals surface area contributed by atoms with Gasteiger partial charge in [-0.15, -0.1) is 0 Å². The molecule has 158 valence electrons. The fourth-order valence-corrected chi connectivity index (χ4v) is 4.33. The molecule has 7 nitrogen and oxygen atoms in total. The van der Waals surface area contributed by atoms with Gasteiger partial charge in [0.15, 0.2) is 0 Å².